The number of carboxylic acid groups (broad SMARTS) is 1. The quantitative estimate of drug-likeness (QED) is 0.807. The van der Waals surface area contributed by atoms with Crippen LogP contribution in [0, 0.1) is 0 Å². The number of thioether (sulfide) groups is 1. The fourth-order valence-corrected chi connectivity index (χ4v) is 3.37. The molecule has 1 aromatic rings. The van der Waals surface area contributed by atoms with Crippen LogP contribution >= 0.6 is 23.1 Å². The van der Waals surface area contributed by atoms with E-state index >= 15 is 0 Å². The molecule has 0 bridgehead atoms. The molecule has 1 fully saturated rings. The average molecular weight is 302 g/mol. The largest absolute Gasteiger partial charge is 0.481 e. The van der Waals surface area contributed by atoms with E-state index in [0.29, 0.717) is 37.8 Å². The minimum absolute atomic E-state index is 0.0725. The molecule has 0 aromatic carbocycles. The lowest BCUT2D eigenvalue weighted by Gasteiger charge is -2.26. The maximum absolute atomic E-state index is 11.9. The second-order valence-electron chi connectivity index (χ2n) is 3.96. The third kappa shape index (κ3) is 4.48. The highest BCUT2D eigenvalue weighted by atomic mass is 32.2. The standard InChI is InChI=1S/C11H14N2O4S2/c14-9(13-1-3-17-4-2-13)7-19-11-12-8(6-18-11)5-10(15)16/h6H,1-5,7H2,(H,15,16). The fourth-order valence-electron chi connectivity index (χ4n) is 1.62. The Bertz CT molecular complexity index is 457. The molecule has 0 radical (unpaired) electrons. The number of carbonyl (C=O) groups excluding carboxylic acids is 1. The number of thiazole rings is 1. The molecule has 0 saturated carbocycles. The Hall–Kier alpha value is -1.12. The number of hydrogen-bond acceptors (Lipinski definition) is 6. The van der Waals surface area contributed by atoms with E-state index in [-0.39, 0.29) is 12.3 Å². The minimum Gasteiger partial charge on any atom is -0.481 e. The summed E-state index contributed by atoms with van der Waals surface area (Å²) in [5.41, 5.74) is 0.541. The molecule has 2 rings (SSSR count). The Morgan fingerprint density at radius 2 is 2.21 bits per heavy atom. The molecule has 1 amide bonds. The summed E-state index contributed by atoms with van der Waals surface area (Å²) in [6.45, 7) is 2.47. The zero-order valence-electron chi connectivity index (χ0n) is 10.2. The van der Waals surface area contributed by atoms with Gasteiger partial charge in [0.25, 0.3) is 0 Å². The van der Waals surface area contributed by atoms with Crippen LogP contribution in [-0.2, 0) is 20.7 Å². The van der Waals surface area contributed by atoms with Crippen molar-refractivity contribution in [1.29, 1.82) is 0 Å². The van der Waals surface area contributed by atoms with E-state index in [2.05, 4.69) is 4.98 Å². The molecule has 1 N–H and O–H groups in total. The Morgan fingerprint density at radius 1 is 1.47 bits per heavy atom. The molecular formula is C11H14N2O4S2. The summed E-state index contributed by atoms with van der Waals surface area (Å²) >= 11 is 2.73. The van der Waals surface area contributed by atoms with E-state index in [1.807, 2.05) is 0 Å². The topological polar surface area (TPSA) is 79.7 Å². The molecule has 1 saturated heterocycles. The van der Waals surface area contributed by atoms with Crippen LogP contribution in [0.25, 0.3) is 0 Å². The molecular weight excluding hydrogens is 288 g/mol. The number of aliphatic carboxylic acids is 1. The van der Waals surface area contributed by atoms with Crippen LogP contribution in [0.15, 0.2) is 9.72 Å². The van der Waals surface area contributed by atoms with E-state index in [1.165, 1.54) is 23.1 Å². The van der Waals surface area contributed by atoms with Crippen molar-refractivity contribution in [3.05, 3.63) is 11.1 Å². The summed E-state index contributed by atoms with van der Waals surface area (Å²) < 4.78 is 5.92. The number of ether oxygens (including phenoxy) is 1. The molecule has 6 nitrogen and oxygen atoms in total. The van der Waals surface area contributed by atoms with Gasteiger partial charge in [0.05, 0.1) is 31.1 Å². The summed E-state index contributed by atoms with van der Waals surface area (Å²) in [7, 11) is 0. The Labute approximate surface area is 118 Å². The minimum atomic E-state index is -0.897. The molecule has 1 aromatic heterocycles. The predicted octanol–water partition coefficient (Wildman–Crippen LogP) is 0.721. The summed E-state index contributed by atoms with van der Waals surface area (Å²) in [6.07, 6.45) is -0.0749. The summed E-state index contributed by atoms with van der Waals surface area (Å²) in [6, 6.07) is 0. The lowest BCUT2D eigenvalue weighted by molar-refractivity contribution is -0.136. The zero-order valence-corrected chi connectivity index (χ0v) is 11.8. The molecule has 1 aliphatic rings. The monoisotopic (exact) mass is 302 g/mol. The van der Waals surface area contributed by atoms with Gasteiger partial charge in [0.2, 0.25) is 5.91 Å². The highest BCUT2D eigenvalue weighted by Gasteiger charge is 2.17. The predicted molar refractivity (Wildman–Crippen MR) is 71.6 cm³/mol. The third-order valence-corrected chi connectivity index (χ3v) is 4.60. The maximum atomic E-state index is 11.9. The van der Waals surface area contributed by atoms with E-state index in [4.69, 9.17) is 9.84 Å². The van der Waals surface area contributed by atoms with Crippen molar-refractivity contribution in [3.8, 4) is 0 Å². The van der Waals surface area contributed by atoms with Gasteiger partial charge >= 0.3 is 5.97 Å². The number of morpholine rings is 1. The number of hydrogen-bond donors (Lipinski definition) is 1. The van der Waals surface area contributed by atoms with Gasteiger partial charge in [-0.05, 0) is 0 Å². The van der Waals surface area contributed by atoms with Gasteiger partial charge in [-0.2, -0.15) is 0 Å². The smallest absolute Gasteiger partial charge is 0.309 e. The second kappa shape index (κ2) is 6.88. The lowest BCUT2D eigenvalue weighted by Crippen LogP contribution is -2.41. The summed E-state index contributed by atoms with van der Waals surface area (Å²) in [5, 5.41) is 10.4. The number of rotatable bonds is 5. The Balaban J connectivity index is 1.79. The van der Waals surface area contributed by atoms with Crippen LogP contribution in [0.4, 0.5) is 0 Å². The Kier molecular flexibility index (Phi) is 5.17. The van der Waals surface area contributed by atoms with Crippen LogP contribution in [-0.4, -0.2) is 58.9 Å². The van der Waals surface area contributed by atoms with Gasteiger partial charge < -0.3 is 14.7 Å². The van der Waals surface area contributed by atoms with E-state index < -0.39 is 5.97 Å². The molecule has 1 aliphatic heterocycles. The van der Waals surface area contributed by atoms with Crippen LogP contribution in [0.3, 0.4) is 0 Å². The molecule has 0 atom stereocenters. The molecule has 8 heteroatoms. The molecule has 0 unspecified atom stereocenters. The summed E-state index contributed by atoms with van der Waals surface area (Å²) in [5.74, 6) is -0.491. The van der Waals surface area contributed by atoms with Gasteiger partial charge in [-0.25, -0.2) is 4.98 Å². The van der Waals surface area contributed by atoms with Crippen molar-refractivity contribution in [3.63, 3.8) is 0 Å². The first-order valence-corrected chi connectivity index (χ1v) is 7.66. The number of amides is 1. The van der Waals surface area contributed by atoms with Crippen molar-refractivity contribution < 1.29 is 19.4 Å². The highest BCUT2D eigenvalue weighted by Crippen LogP contribution is 2.23. The normalized spacial score (nSPS) is 15.5. The van der Waals surface area contributed by atoms with Gasteiger partial charge in [-0.15, -0.1) is 11.3 Å². The number of aromatic nitrogens is 1. The van der Waals surface area contributed by atoms with Crippen LogP contribution < -0.4 is 0 Å². The van der Waals surface area contributed by atoms with Crippen LogP contribution in [0.1, 0.15) is 5.69 Å². The summed E-state index contributed by atoms with van der Waals surface area (Å²) in [4.78, 5) is 28.4. The van der Waals surface area contributed by atoms with Crippen LogP contribution in [0.2, 0.25) is 0 Å². The van der Waals surface area contributed by atoms with Crippen molar-refractivity contribution in [2.24, 2.45) is 0 Å². The van der Waals surface area contributed by atoms with Gasteiger partial charge in [-0.1, -0.05) is 11.8 Å². The molecule has 2 heterocycles. The fraction of sp³-hybridized carbons (Fsp3) is 0.545. The van der Waals surface area contributed by atoms with E-state index in [0.717, 1.165) is 4.34 Å². The van der Waals surface area contributed by atoms with Crippen molar-refractivity contribution >= 4 is 35.0 Å². The van der Waals surface area contributed by atoms with Crippen molar-refractivity contribution in [2.45, 2.75) is 10.8 Å². The van der Waals surface area contributed by atoms with Crippen molar-refractivity contribution in [1.82, 2.24) is 9.88 Å². The third-order valence-electron chi connectivity index (χ3n) is 2.55. The van der Waals surface area contributed by atoms with Gasteiger partial charge in [0.15, 0.2) is 4.34 Å². The average Bonchev–Trinajstić information content (AvgIpc) is 2.84. The van der Waals surface area contributed by atoms with Crippen molar-refractivity contribution in [2.75, 3.05) is 32.1 Å². The number of nitrogens with zero attached hydrogens (tertiary/aromatic N) is 2. The molecule has 0 spiro atoms. The van der Waals surface area contributed by atoms with E-state index in [1.54, 1.807) is 10.3 Å². The molecule has 0 aliphatic carbocycles. The SMILES string of the molecule is O=C(O)Cc1csc(SCC(=O)N2CCOCC2)n1. The maximum Gasteiger partial charge on any atom is 0.309 e. The molecule has 19 heavy (non-hydrogen) atoms. The first-order chi connectivity index (χ1) is 9.15. The second-order valence-corrected chi connectivity index (χ2v) is 6.04. The van der Waals surface area contributed by atoms with Crippen LogP contribution in [0.5, 0.6) is 0 Å². The first kappa shape index (κ1) is 14.3. The highest BCUT2D eigenvalue weighted by molar-refractivity contribution is 8.01. The van der Waals surface area contributed by atoms with Gasteiger partial charge in [-0.3, -0.25) is 9.59 Å². The van der Waals surface area contributed by atoms with Gasteiger partial charge in [0.1, 0.15) is 0 Å². The molecule has 104 valence electrons. The van der Waals surface area contributed by atoms with Gasteiger partial charge in [0, 0.05) is 18.5 Å². The van der Waals surface area contributed by atoms with E-state index in [9.17, 15) is 9.59 Å². The first-order valence-electron chi connectivity index (χ1n) is 5.79. The number of carboxylic acids is 1. The number of carbonyl (C=O) groups is 2. The Morgan fingerprint density at radius 3 is 2.89 bits per heavy atom. The zero-order chi connectivity index (χ0) is 13.7. The lowest BCUT2D eigenvalue weighted by atomic mass is 10.3.